The van der Waals surface area contributed by atoms with Crippen LogP contribution < -0.4 is 0 Å². The zero-order valence-corrected chi connectivity index (χ0v) is 9.18. The lowest BCUT2D eigenvalue weighted by Crippen LogP contribution is -2.34. The fourth-order valence-corrected chi connectivity index (χ4v) is 2.56. The Morgan fingerprint density at radius 3 is 2.57 bits per heavy atom. The van der Waals surface area contributed by atoms with Crippen molar-refractivity contribution in [3.63, 3.8) is 0 Å². The summed E-state index contributed by atoms with van der Waals surface area (Å²) >= 11 is 1.86. The minimum Gasteiger partial charge on any atom is -0.282 e. The Balaban J connectivity index is 1.76. The van der Waals surface area contributed by atoms with Crippen LogP contribution in [0.25, 0.3) is 0 Å². The van der Waals surface area contributed by atoms with E-state index in [1.807, 2.05) is 11.8 Å². The first-order valence-corrected chi connectivity index (χ1v) is 6.34. The molecule has 0 aromatic heterocycles. The highest BCUT2D eigenvalue weighted by molar-refractivity contribution is 7.99. The molecule has 2 rings (SSSR count). The van der Waals surface area contributed by atoms with Gasteiger partial charge in [0.2, 0.25) is 11.8 Å². The number of thioether (sulfide) groups is 1. The van der Waals surface area contributed by atoms with E-state index in [-0.39, 0.29) is 23.7 Å². The third-order valence-electron chi connectivity index (χ3n) is 2.83. The molecular weight excluding hydrogens is 198 g/mol. The molecule has 0 aromatic rings. The fraction of sp³-hybridized carbons (Fsp3) is 0.800. The van der Waals surface area contributed by atoms with Crippen LogP contribution in [0, 0.1) is 11.8 Å². The van der Waals surface area contributed by atoms with Gasteiger partial charge in [0, 0.05) is 6.54 Å². The lowest BCUT2D eigenvalue weighted by molar-refractivity contribution is -0.141. The zero-order chi connectivity index (χ0) is 10.1. The second-order valence-electron chi connectivity index (χ2n) is 3.83. The van der Waals surface area contributed by atoms with Crippen LogP contribution in [0.5, 0.6) is 0 Å². The molecule has 14 heavy (non-hydrogen) atoms. The number of hydrogen-bond acceptors (Lipinski definition) is 3. The number of amides is 2. The summed E-state index contributed by atoms with van der Waals surface area (Å²) in [4.78, 5) is 24.5. The van der Waals surface area contributed by atoms with E-state index in [1.165, 1.54) is 4.90 Å². The van der Waals surface area contributed by atoms with Crippen molar-refractivity contribution < 1.29 is 9.59 Å². The van der Waals surface area contributed by atoms with Gasteiger partial charge in [-0.25, -0.2) is 0 Å². The summed E-state index contributed by atoms with van der Waals surface area (Å²) in [6.45, 7) is 2.75. The molecule has 0 radical (unpaired) electrons. The van der Waals surface area contributed by atoms with Crippen LogP contribution in [0.4, 0.5) is 0 Å². The third-order valence-corrected chi connectivity index (χ3v) is 3.82. The van der Waals surface area contributed by atoms with E-state index >= 15 is 0 Å². The molecule has 2 amide bonds. The Kier molecular flexibility index (Phi) is 2.81. The molecule has 0 N–H and O–H groups in total. The van der Waals surface area contributed by atoms with E-state index in [4.69, 9.17) is 0 Å². The van der Waals surface area contributed by atoms with Crippen molar-refractivity contribution in [3.8, 4) is 0 Å². The predicted molar refractivity (Wildman–Crippen MR) is 55.9 cm³/mol. The van der Waals surface area contributed by atoms with Crippen LogP contribution in [0.3, 0.4) is 0 Å². The first kappa shape index (κ1) is 10.0. The van der Waals surface area contributed by atoms with Crippen molar-refractivity contribution in [2.75, 3.05) is 18.1 Å². The van der Waals surface area contributed by atoms with Gasteiger partial charge in [-0.05, 0) is 24.3 Å². The fourth-order valence-electron chi connectivity index (χ4n) is 1.94. The van der Waals surface area contributed by atoms with Crippen molar-refractivity contribution in [3.05, 3.63) is 0 Å². The number of fused-ring (bicyclic) bond motifs is 1. The van der Waals surface area contributed by atoms with E-state index in [9.17, 15) is 9.59 Å². The molecule has 1 saturated carbocycles. The van der Waals surface area contributed by atoms with Crippen LogP contribution in [-0.2, 0) is 9.59 Å². The van der Waals surface area contributed by atoms with Crippen LogP contribution in [0.2, 0.25) is 0 Å². The second kappa shape index (κ2) is 3.93. The summed E-state index contributed by atoms with van der Waals surface area (Å²) in [5.74, 6) is 2.46. The third kappa shape index (κ3) is 1.67. The number of rotatable bonds is 5. The van der Waals surface area contributed by atoms with E-state index < -0.39 is 0 Å². The Hall–Kier alpha value is -0.510. The number of nitrogens with zero attached hydrogens (tertiary/aromatic N) is 1. The number of carbonyl (C=O) groups is 2. The summed E-state index contributed by atoms with van der Waals surface area (Å²) in [7, 11) is 0. The highest BCUT2D eigenvalue weighted by Crippen LogP contribution is 2.46. The average Bonchev–Trinajstić information content (AvgIpc) is 2.91. The largest absolute Gasteiger partial charge is 0.282 e. The lowest BCUT2D eigenvalue weighted by atomic mass is 10.3. The summed E-state index contributed by atoms with van der Waals surface area (Å²) in [5, 5.41) is 0. The molecule has 3 nitrogen and oxygen atoms in total. The van der Waals surface area contributed by atoms with E-state index in [2.05, 4.69) is 6.92 Å². The number of hydrogen-bond donors (Lipinski definition) is 0. The standard InChI is InChI=1S/C10H15NO2S/c1-2-14-5-3-4-11-9(12)7-6-8(7)10(11)13/h7-8H,2-6H2,1H3. The van der Waals surface area contributed by atoms with E-state index in [1.54, 1.807) is 0 Å². The van der Waals surface area contributed by atoms with Crippen molar-refractivity contribution in [2.45, 2.75) is 19.8 Å². The molecule has 78 valence electrons. The molecule has 4 heteroatoms. The summed E-state index contributed by atoms with van der Waals surface area (Å²) in [5.41, 5.74) is 0. The molecule has 2 atom stereocenters. The number of imide groups is 1. The molecule has 1 heterocycles. The lowest BCUT2D eigenvalue weighted by Gasteiger charge is -2.15. The monoisotopic (exact) mass is 213 g/mol. The van der Waals surface area contributed by atoms with Gasteiger partial charge in [-0.2, -0.15) is 11.8 Å². The van der Waals surface area contributed by atoms with Crippen LogP contribution in [0.15, 0.2) is 0 Å². The van der Waals surface area contributed by atoms with Crippen LogP contribution in [-0.4, -0.2) is 34.8 Å². The van der Waals surface area contributed by atoms with E-state index in [0.717, 1.165) is 24.3 Å². The van der Waals surface area contributed by atoms with Gasteiger partial charge in [0.15, 0.2) is 0 Å². The van der Waals surface area contributed by atoms with Gasteiger partial charge in [0.1, 0.15) is 0 Å². The first-order chi connectivity index (χ1) is 6.75. The maximum absolute atomic E-state index is 11.5. The Labute approximate surface area is 88.2 Å². The minimum atomic E-state index is 0.0707. The van der Waals surface area contributed by atoms with Crippen molar-refractivity contribution in [2.24, 2.45) is 11.8 Å². The van der Waals surface area contributed by atoms with Crippen molar-refractivity contribution in [1.29, 1.82) is 0 Å². The molecule has 2 unspecified atom stereocenters. The quantitative estimate of drug-likeness (QED) is 0.507. The topological polar surface area (TPSA) is 37.4 Å². The molecule has 0 bridgehead atoms. The Morgan fingerprint density at radius 1 is 1.36 bits per heavy atom. The molecule has 1 aliphatic carbocycles. The normalized spacial score (nSPS) is 29.6. The Bertz CT molecular complexity index is 247. The number of carbonyl (C=O) groups excluding carboxylic acids is 2. The van der Waals surface area contributed by atoms with Gasteiger partial charge in [-0.1, -0.05) is 6.92 Å². The molecule has 1 aliphatic heterocycles. The maximum Gasteiger partial charge on any atom is 0.233 e. The molecular formula is C10H15NO2S. The SMILES string of the molecule is CCSCCCN1C(=O)C2CC2C1=O. The first-order valence-electron chi connectivity index (χ1n) is 5.18. The highest BCUT2D eigenvalue weighted by Gasteiger charge is 2.58. The summed E-state index contributed by atoms with van der Waals surface area (Å²) in [6, 6.07) is 0. The molecule has 1 saturated heterocycles. The Morgan fingerprint density at radius 2 is 2.00 bits per heavy atom. The average molecular weight is 213 g/mol. The molecule has 2 fully saturated rings. The van der Waals surface area contributed by atoms with Gasteiger partial charge in [-0.3, -0.25) is 14.5 Å². The van der Waals surface area contributed by atoms with Gasteiger partial charge < -0.3 is 0 Å². The molecule has 0 spiro atoms. The summed E-state index contributed by atoms with van der Waals surface area (Å²) in [6.07, 6.45) is 1.76. The number of likely N-dealkylation sites (tertiary alicyclic amines) is 1. The smallest absolute Gasteiger partial charge is 0.233 e. The maximum atomic E-state index is 11.5. The van der Waals surface area contributed by atoms with E-state index in [0.29, 0.717) is 6.54 Å². The van der Waals surface area contributed by atoms with Crippen LogP contribution >= 0.6 is 11.8 Å². The van der Waals surface area contributed by atoms with Gasteiger partial charge in [0.25, 0.3) is 0 Å². The molecule has 0 aromatic carbocycles. The van der Waals surface area contributed by atoms with Crippen LogP contribution in [0.1, 0.15) is 19.8 Å². The predicted octanol–water partition coefficient (Wildman–Crippen LogP) is 1.13. The minimum absolute atomic E-state index is 0.0707. The zero-order valence-electron chi connectivity index (χ0n) is 8.36. The van der Waals surface area contributed by atoms with Crippen molar-refractivity contribution in [1.82, 2.24) is 4.90 Å². The second-order valence-corrected chi connectivity index (χ2v) is 5.22. The number of piperidine rings is 1. The van der Waals surface area contributed by atoms with Gasteiger partial charge in [-0.15, -0.1) is 0 Å². The van der Waals surface area contributed by atoms with Gasteiger partial charge in [0.05, 0.1) is 11.8 Å². The summed E-state index contributed by atoms with van der Waals surface area (Å²) < 4.78 is 0. The highest BCUT2D eigenvalue weighted by atomic mass is 32.2. The van der Waals surface area contributed by atoms with Crippen molar-refractivity contribution >= 4 is 23.6 Å². The molecule has 2 aliphatic rings. The van der Waals surface area contributed by atoms with Gasteiger partial charge >= 0.3 is 0 Å².